The van der Waals surface area contributed by atoms with Crippen molar-refractivity contribution >= 4 is 29.1 Å². The van der Waals surface area contributed by atoms with Crippen LogP contribution < -0.4 is 10.6 Å². The smallest absolute Gasteiger partial charge is 0.308 e. The molecule has 0 unspecified atom stereocenters. The molecular formula is C18H19FN2O4S. The fourth-order valence-corrected chi connectivity index (χ4v) is 2.68. The van der Waals surface area contributed by atoms with Gasteiger partial charge in [-0.15, -0.1) is 0 Å². The number of amides is 2. The maximum atomic E-state index is 12.8. The highest BCUT2D eigenvalue weighted by Crippen LogP contribution is 2.05. The first-order chi connectivity index (χ1) is 12.5. The van der Waals surface area contributed by atoms with Crippen molar-refractivity contribution in [3.63, 3.8) is 0 Å². The van der Waals surface area contributed by atoms with E-state index in [1.165, 1.54) is 23.5 Å². The van der Waals surface area contributed by atoms with Crippen molar-refractivity contribution in [2.75, 3.05) is 19.7 Å². The van der Waals surface area contributed by atoms with Gasteiger partial charge in [0.05, 0.1) is 6.42 Å². The van der Waals surface area contributed by atoms with Gasteiger partial charge in [-0.1, -0.05) is 12.1 Å². The Bertz CT molecular complexity index is 732. The number of ether oxygens (including phenoxy) is 1. The van der Waals surface area contributed by atoms with E-state index in [9.17, 15) is 18.8 Å². The van der Waals surface area contributed by atoms with Crippen molar-refractivity contribution < 1.29 is 23.5 Å². The van der Waals surface area contributed by atoms with Crippen LogP contribution in [0.4, 0.5) is 4.39 Å². The van der Waals surface area contributed by atoms with Gasteiger partial charge in [-0.2, -0.15) is 11.3 Å². The zero-order valence-corrected chi connectivity index (χ0v) is 14.8. The van der Waals surface area contributed by atoms with E-state index in [1.54, 1.807) is 29.0 Å². The molecule has 0 spiro atoms. The van der Waals surface area contributed by atoms with Gasteiger partial charge < -0.3 is 15.4 Å². The highest BCUT2D eigenvalue weighted by atomic mass is 32.1. The van der Waals surface area contributed by atoms with E-state index in [0.29, 0.717) is 18.5 Å². The minimum Gasteiger partial charge on any atom is -0.456 e. The molecule has 1 heterocycles. The first kappa shape index (κ1) is 19.6. The SMILES string of the molecule is O=C(COC(=O)CCNC(=O)c1ccsc1)NCCc1ccc(F)cc1. The molecule has 0 saturated heterocycles. The van der Waals surface area contributed by atoms with Crippen LogP contribution in [0.3, 0.4) is 0 Å². The second kappa shape index (κ2) is 10.3. The average Bonchev–Trinajstić information content (AvgIpc) is 3.16. The molecule has 0 aliphatic rings. The number of hydrogen-bond acceptors (Lipinski definition) is 5. The van der Waals surface area contributed by atoms with Gasteiger partial charge in [0, 0.05) is 24.0 Å². The lowest BCUT2D eigenvalue weighted by atomic mass is 10.1. The van der Waals surface area contributed by atoms with Crippen molar-refractivity contribution in [1.82, 2.24) is 10.6 Å². The molecule has 2 aromatic rings. The van der Waals surface area contributed by atoms with Gasteiger partial charge in [-0.25, -0.2) is 4.39 Å². The van der Waals surface area contributed by atoms with E-state index in [2.05, 4.69) is 10.6 Å². The molecular weight excluding hydrogens is 359 g/mol. The molecule has 138 valence electrons. The third-order valence-corrected chi connectivity index (χ3v) is 4.09. The minimum absolute atomic E-state index is 0.0151. The largest absolute Gasteiger partial charge is 0.456 e. The summed E-state index contributed by atoms with van der Waals surface area (Å²) in [5.41, 5.74) is 1.44. The van der Waals surface area contributed by atoms with Crippen LogP contribution in [0.15, 0.2) is 41.1 Å². The topological polar surface area (TPSA) is 84.5 Å². The van der Waals surface area contributed by atoms with Crippen LogP contribution in [0, 0.1) is 5.82 Å². The quantitative estimate of drug-likeness (QED) is 0.653. The average molecular weight is 378 g/mol. The highest BCUT2D eigenvalue weighted by Gasteiger charge is 2.09. The van der Waals surface area contributed by atoms with Gasteiger partial charge in [-0.05, 0) is 35.6 Å². The number of carbonyl (C=O) groups excluding carboxylic acids is 3. The van der Waals surface area contributed by atoms with Gasteiger partial charge in [0.1, 0.15) is 5.82 Å². The molecule has 2 N–H and O–H groups in total. The number of halogens is 1. The van der Waals surface area contributed by atoms with Crippen LogP contribution in [0.5, 0.6) is 0 Å². The lowest BCUT2D eigenvalue weighted by molar-refractivity contribution is -0.148. The maximum Gasteiger partial charge on any atom is 0.308 e. The third-order valence-electron chi connectivity index (χ3n) is 3.41. The number of nitrogens with one attached hydrogen (secondary N) is 2. The molecule has 1 aromatic carbocycles. The number of rotatable bonds is 9. The van der Waals surface area contributed by atoms with E-state index in [0.717, 1.165) is 5.56 Å². The third kappa shape index (κ3) is 7.02. The Morgan fingerprint density at radius 2 is 1.81 bits per heavy atom. The Kier molecular flexibility index (Phi) is 7.75. The first-order valence-electron chi connectivity index (χ1n) is 8.02. The summed E-state index contributed by atoms with van der Waals surface area (Å²) in [6, 6.07) is 7.69. The van der Waals surface area contributed by atoms with Crippen LogP contribution in [0.25, 0.3) is 0 Å². The van der Waals surface area contributed by atoms with Crippen molar-refractivity contribution in [3.8, 4) is 0 Å². The summed E-state index contributed by atoms with van der Waals surface area (Å²) in [5.74, 6) is -1.54. The summed E-state index contributed by atoms with van der Waals surface area (Å²) in [4.78, 5) is 34.8. The zero-order valence-electron chi connectivity index (χ0n) is 14.0. The predicted molar refractivity (Wildman–Crippen MR) is 95.3 cm³/mol. The van der Waals surface area contributed by atoms with Gasteiger partial charge in [0.2, 0.25) is 0 Å². The second-order valence-corrected chi connectivity index (χ2v) is 6.19. The Balaban J connectivity index is 1.54. The van der Waals surface area contributed by atoms with E-state index in [4.69, 9.17) is 4.74 Å². The lowest BCUT2D eigenvalue weighted by Crippen LogP contribution is -2.31. The molecule has 6 nitrogen and oxygen atoms in total. The summed E-state index contributed by atoms with van der Waals surface area (Å²) < 4.78 is 17.6. The maximum absolute atomic E-state index is 12.8. The lowest BCUT2D eigenvalue weighted by Gasteiger charge is -2.07. The van der Waals surface area contributed by atoms with Crippen LogP contribution >= 0.6 is 11.3 Å². The molecule has 0 atom stereocenters. The minimum atomic E-state index is -0.565. The number of carbonyl (C=O) groups is 3. The fraction of sp³-hybridized carbons (Fsp3) is 0.278. The summed E-state index contributed by atoms with van der Waals surface area (Å²) in [7, 11) is 0. The van der Waals surface area contributed by atoms with Crippen LogP contribution in [-0.2, 0) is 20.7 Å². The highest BCUT2D eigenvalue weighted by molar-refractivity contribution is 7.08. The summed E-state index contributed by atoms with van der Waals surface area (Å²) in [6.07, 6.45) is 0.535. The molecule has 0 aliphatic carbocycles. The second-order valence-electron chi connectivity index (χ2n) is 5.41. The predicted octanol–water partition coefficient (Wildman–Crippen LogP) is 1.91. The zero-order chi connectivity index (χ0) is 18.8. The van der Waals surface area contributed by atoms with Gasteiger partial charge in [0.25, 0.3) is 11.8 Å². The van der Waals surface area contributed by atoms with Crippen molar-refractivity contribution in [2.24, 2.45) is 0 Å². The fourth-order valence-electron chi connectivity index (χ4n) is 2.04. The first-order valence-corrected chi connectivity index (χ1v) is 8.96. The Hall–Kier alpha value is -2.74. The Morgan fingerprint density at radius 1 is 1.04 bits per heavy atom. The molecule has 8 heteroatoms. The number of hydrogen-bond donors (Lipinski definition) is 2. The number of benzene rings is 1. The molecule has 1 aromatic heterocycles. The molecule has 0 bridgehead atoms. The van der Waals surface area contributed by atoms with E-state index in [1.807, 2.05) is 0 Å². The Morgan fingerprint density at radius 3 is 2.50 bits per heavy atom. The van der Waals surface area contributed by atoms with Crippen molar-refractivity contribution in [1.29, 1.82) is 0 Å². The van der Waals surface area contributed by atoms with E-state index in [-0.39, 0.29) is 31.3 Å². The van der Waals surface area contributed by atoms with Gasteiger partial charge in [0.15, 0.2) is 6.61 Å². The molecule has 2 rings (SSSR count). The van der Waals surface area contributed by atoms with Gasteiger partial charge in [-0.3, -0.25) is 14.4 Å². The summed E-state index contributed by atoms with van der Waals surface area (Å²) in [6.45, 7) is 0.124. The van der Waals surface area contributed by atoms with Crippen LogP contribution in [0.2, 0.25) is 0 Å². The van der Waals surface area contributed by atoms with Crippen molar-refractivity contribution in [2.45, 2.75) is 12.8 Å². The molecule has 0 aliphatic heterocycles. The van der Waals surface area contributed by atoms with Crippen LogP contribution in [-0.4, -0.2) is 37.5 Å². The van der Waals surface area contributed by atoms with Crippen LogP contribution in [0.1, 0.15) is 22.3 Å². The molecule has 0 fully saturated rings. The standard InChI is InChI=1S/C18H19FN2O4S/c19-15-3-1-13(2-4-15)5-8-20-16(22)11-25-17(23)6-9-21-18(24)14-7-10-26-12-14/h1-4,7,10,12H,5-6,8-9,11H2,(H,20,22)(H,21,24). The molecule has 2 amide bonds. The number of esters is 1. The van der Waals surface area contributed by atoms with Gasteiger partial charge >= 0.3 is 5.97 Å². The van der Waals surface area contributed by atoms with Crippen molar-refractivity contribution in [3.05, 3.63) is 58.0 Å². The van der Waals surface area contributed by atoms with E-state index >= 15 is 0 Å². The normalized spacial score (nSPS) is 10.2. The summed E-state index contributed by atoms with van der Waals surface area (Å²) >= 11 is 1.41. The summed E-state index contributed by atoms with van der Waals surface area (Å²) in [5, 5.41) is 8.72. The molecule has 0 radical (unpaired) electrons. The monoisotopic (exact) mass is 378 g/mol. The molecule has 26 heavy (non-hydrogen) atoms. The van der Waals surface area contributed by atoms with E-state index < -0.39 is 11.9 Å². The molecule has 0 saturated carbocycles. The Labute approximate surface area is 154 Å². The number of thiophene rings is 1.